The molecule has 0 spiro atoms. The Labute approximate surface area is 137 Å². The lowest BCUT2D eigenvalue weighted by atomic mass is 10.0. The maximum atomic E-state index is 11.0. The van der Waals surface area contributed by atoms with Crippen LogP contribution in [-0.4, -0.2) is 21.5 Å². The Morgan fingerprint density at radius 3 is 1.78 bits per heavy atom. The standard InChI is InChI=1S/C20H23NO2/c22-19(23)11-12-20(13-14-20)21(15-17-7-3-1-4-8-17)16-18-9-5-2-6-10-18/h1-10H,11-16H2,(H,22,23). The van der Waals surface area contributed by atoms with Crippen molar-refractivity contribution in [3.63, 3.8) is 0 Å². The molecule has 120 valence electrons. The zero-order valence-electron chi connectivity index (χ0n) is 13.3. The van der Waals surface area contributed by atoms with E-state index in [2.05, 4.69) is 53.4 Å². The van der Waals surface area contributed by atoms with Crippen molar-refractivity contribution < 1.29 is 9.90 Å². The van der Waals surface area contributed by atoms with Crippen molar-refractivity contribution in [3.05, 3.63) is 71.8 Å². The summed E-state index contributed by atoms with van der Waals surface area (Å²) in [5.41, 5.74) is 2.62. The fourth-order valence-electron chi connectivity index (χ4n) is 3.21. The monoisotopic (exact) mass is 309 g/mol. The van der Waals surface area contributed by atoms with Crippen molar-refractivity contribution in [3.8, 4) is 0 Å². The molecule has 0 amide bonds. The smallest absolute Gasteiger partial charge is 0.303 e. The Balaban J connectivity index is 1.77. The van der Waals surface area contributed by atoms with Crippen LogP contribution in [0.25, 0.3) is 0 Å². The molecule has 2 aromatic rings. The van der Waals surface area contributed by atoms with Crippen molar-refractivity contribution >= 4 is 5.97 Å². The summed E-state index contributed by atoms with van der Waals surface area (Å²) in [6, 6.07) is 20.9. The summed E-state index contributed by atoms with van der Waals surface area (Å²) in [5.74, 6) is -0.698. The van der Waals surface area contributed by atoms with E-state index in [4.69, 9.17) is 5.11 Å². The maximum Gasteiger partial charge on any atom is 0.303 e. The summed E-state index contributed by atoms with van der Waals surface area (Å²) < 4.78 is 0. The minimum absolute atomic E-state index is 0.0596. The number of aliphatic carboxylic acids is 1. The van der Waals surface area contributed by atoms with Crippen LogP contribution in [0.3, 0.4) is 0 Å². The number of hydrogen-bond acceptors (Lipinski definition) is 2. The van der Waals surface area contributed by atoms with Gasteiger partial charge in [0.1, 0.15) is 0 Å². The Kier molecular flexibility index (Phi) is 4.77. The van der Waals surface area contributed by atoms with Crippen LogP contribution in [0.2, 0.25) is 0 Å². The normalized spacial score (nSPS) is 15.5. The van der Waals surface area contributed by atoms with Crippen molar-refractivity contribution in [1.82, 2.24) is 4.90 Å². The second-order valence-electron chi connectivity index (χ2n) is 6.45. The Hall–Kier alpha value is -2.13. The fraction of sp³-hybridized carbons (Fsp3) is 0.350. The number of carboxylic acid groups (broad SMARTS) is 1. The third-order valence-corrected chi connectivity index (χ3v) is 4.73. The van der Waals surface area contributed by atoms with Crippen LogP contribution in [0, 0.1) is 0 Å². The molecule has 0 aliphatic heterocycles. The lowest BCUT2D eigenvalue weighted by Gasteiger charge is -2.32. The van der Waals surface area contributed by atoms with Gasteiger partial charge in [0.15, 0.2) is 0 Å². The number of carbonyl (C=O) groups is 1. The molecule has 0 radical (unpaired) electrons. The Morgan fingerprint density at radius 1 is 0.913 bits per heavy atom. The van der Waals surface area contributed by atoms with E-state index in [1.165, 1.54) is 11.1 Å². The highest BCUT2D eigenvalue weighted by molar-refractivity contribution is 5.66. The van der Waals surface area contributed by atoms with Gasteiger partial charge in [-0.1, -0.05) is 60.7 Å². The van der Waals surface area contributed by atoms with Crippen LogP contribution in [0.5, 0.6) is 0 Å². The summed E-state index contributed by atoms with van der Waals surface area (Å²) >= 11 is 0. The van der Waals surface area contributed by atoms with Crippen LogP contribution >= 0.6 is 0 Å². The largest absolute Gasteiger partial charge is 0.481 e. The predicted molar refractivity (Wildman–Crippen MR) is 91.0 cm³/mol. The van der Waals surface area contributed by atoms with Gasteiger partial charge in [0.05, 0.1) is 0 Å². The first kappa shape index (κ1) is 15.8. The SMILES string of the molecule is O=C(O)CCC1(N(Cc2ccccc2)Cc2ccccc2)CC1. The average Bonchev–Trinajstić information content (AvgIpc) is 3.36. The molecule has 0 heterocycles. The number of rotatable bonds is 8. The first-order chi connectivity index (χ1) is 11.2. The molecule has 3 heteroatoms. The quantitative estimate of drug-likeness (QED) is 0.798. The number of nitrogens with zero attached hydrogens (tertiary/aromatic N) is 1. The minimum Gasteiger partial charge on any atom is -0.481 e. The molecule has 23 heavy (non-hydrogen) atoms. The summed E-state index contributed by atoms with van der Waals surface area (Å²) in [4.78, 5) is 13.5. The predicted octanol–water partition coefficient (Wildman–Crippen LogP) is 4.09. The molecule has 0 bridgehead atoms. The molecule has 2 aromatic carbocycles. The zero-order valence-corrected chi connectivity index (χ0v) is 13.3. The van der Waals surface area contributed by atoms with Gasteiger partial charge in [0.2, 0.25) is 0 Å². The molecule has 1 aliphatic carbocycles. The van der Waals surface area contributed by atoms with Gasteiger partial charge >= 0.3 is 5.97 Å². The first-order valence-corrected chi connectivity index (χ1v) is 8.23. The van der Waals surface area contributed by atoms with E-state index in [0.717, 1.165) is 32.4 Å². The van der Waals surface area contributed by atoms with Gasteiger partial charge in [0, 0.05) is 25.0 Å². The molecule has 0 unspecified atom stereocenters. The molecule has 0 saturated heterocycles. The summed E-state index contributed by atoms with van der Waals surface area (Å²) in [5, 5.41) is 9.05. The summed E-state index contributed by atoms with van der Waals surface area (Å²) in [7, 11) is 0. The number of carboxylic acids is 1. The molecule has 1 aliphatic rings. The van der Waals surface area contributed by atoms with Gasteiger partial charge in [-0.15, -0.1) is 0 Å². The number of benzene rings is 2. The Bertz CT molecular complexity index is 594. The van der Waals surface area contributed by atoms with Gasteiger partial charge in [-0.05, 0) is 30.4 Å². The second-order valence-corrected chi connectivity index (χ2v) is 6.45. The van der Waals surface area contributed by atoms with Gasteiger partial charge < -0.3 is 5.11 Å². The highest BCUT2D eigenvalue weighted by Crippen LogP contribution is 2.47. The summed E-state index contributed by atoms with van der Waals surface area (Å²) in [6.07, 6.45) is 3.18. The topological polar surface area (TPSA) is 40.5 Å². The van der Waals surface area contributed by atoms with Crippen LogP contribution in [-0.2, 0) is 17.9 Å². The van der Waals surface area contributed by atoms with Crippen LogP contribution < -0.4 is 0 Å². The van der Waals surface area contributed by atoms with E-state index in [9.17, 15) is 4.79 Å². The molecule has 1 fully saturated rings. The highest BCUT2D eigenvalue weighted by atomic mass is 16.4. The van der Waals surface area contributed by atoms with Gasteiger partial charge in [-0.25, -0.2) is 0 Å². The fourth-order valence-corrected chi connectivity index (χ4v) is 3.21. The van der Waals surface area contributed by atoms with Gasteiger partial charge in [-0.2, -0.15) is 0 Å². The Morgan fingerprint density at radius 2 is 1.39 bits per heavy atom. The van der Waals surface area contributed by atoms with E-state index in [-0.39, 0.29) is 12.0 Å². The molecular weight excluding hydrogens is 286 g/mol. The lowest BCUT2D eigenvalue weighted by molar-refractivity contribution is -0.137. The van der Waals surface area contributed by atoms with Crippen molar-refractivity contribution in [2.45, 2.75) is 44.3 Å². The summed E-state index contributed by atoms with van der Waals surface area (Å²) in [6.45, 7) is 1.74. The molecule has 1 saturated carbocycles. The molecule has 1 N–H and O–H groups in total. The van der Waals surface area contributed by atoms with E-state index < -0.39 is 5.97 Å². The van der Waals surface area contributed by atoms with E-state index in [0.29, 0.717) is 0 Å². The molecule has 0 atom stereocenters. The highest BCUT2D eigenvalue weighted by Gasteiger charge is 2.47. The molecular formula is C20H23NO2. The lowest BCUT2D eigenvalue weighted by Crippen LogP contribution is -2.36. The molecule has 3 nitrogen and oxygen atoms in total. The van der Waals surface area contributed by atoms with Crippen molar-refractivity contribution in [1.29, 1.82) is 0 Å². The average molecular weight is 309 g/mol. The van der Waals surface area contributed by atoms with Gasteiger partial charge in [0.25, 0.3) is 0 Å². The van der Waals surface area contributed by atoms with E-state index in [1.54, 1.807) is 0 Å². The first-order valence-electron chi connectivity index (χ1n) is 8.23. The van der Waals surface area contributed by atoms with Crippen molar-refractivity contribution in [2.75, 3.05) is 0 Å². The maximum absolute atomic E-state index is 11.0. The molecule has 0 aromatic heterocycles. The van der Waals surface area contributed by atoms with E-state index >= 15 is 0 Å². The number of hydrogen-bond donors (Lipinski definition) is 1. The van der Waals surface area contributed by atoms with Crippen LogP contribution in [0.4, 0.5) is 0 Å². The van der Waals surface area contributed by atoms with E-state index in [1.807, 2.05) is 12.1 Å². The van der Waals surface area contributed by atoms with Gasteiger partial charge in [-0.3, -0.25) is 9.69 Å². The second kappa shape index (κ2) is 6.97. The molecule has 3 rings (SSSR count). The van der Waals surface area contributed by atoms with Crippen LogP contribution in [0.1, 0.15) is 36.8 Å². The third kappa shape index (κ3) is 4.20. The third-order valence-electron chi connectivity index (χ3n) is 4.73. The van der Waals surface area contributed by atoms with Crippen molar-refractivity contribution in [2.24, 2.45) is 0 Å². The minimum atomic E-state index is -0.698. The zero-order chi connectivity index (χ0) is 16.1. The van der Waals surface area contributed by atoms with Crippen LogP contribution in [0.15, 0.2) is 60.7 Å².